The average Bonchev–Trinajstić information content (AvgIpc) is 2.65. The fourth-order valence-electron chi connectivity index (χ4n) is 1.98. The van der Waals surface area contributed by atoms with E-state index in [1.165, 1.54) is 6.20 Å². The molecule has 2 aromatic rings. The highest BCUT2D eigenvalue weighted by atomic mass is 16.5. The molecule has 0 radical (unpaired) electrons. The minimum absolute atomic E-state index is 0.0705. The molecule has 108 valence electrons. The Balaban J connectivity index is 2.68. The van der Waals surface area contributed by atoms with Crippen LogP contribution in [0.2, 0.25) is 0 Å². The largest absolute Gasteiger partial charge is 0.489 e. The summed E-state index contributed by atoms with van der Waals surface area (Å²) in [5.41, 5.74) is 1.41. The molecule has 6 nitrogen and oxygen atoms in total. The Hall–Kier alpha value is -2.11. The number of ether oxygens (including phenoxy) is 1. The van der Waals surface area contributed by atoms with Gasteiger partial charge in [-0.25, -0.2) is 9.78 Å². The van der Waals surface area contributed by atoms with Gasteiger partial charge in [0, 0.05) is 13.2 Å². The van der Waals surface area contributed by atoms with Crippen molar-refractivity contribution in [2.45, 2.75) is 33.8 Å². The van der Waals surface area contributed by atoms with Gasteiger partial charge in [0.25, 0.3) is 0 Å². The number of fused-ring (bicyclic) bond motifs is 1. The summed E-state index contributed by atoms with van der Waals surface area (Å²) in [4.78, 5) is 15.6. The maximum atomic E-state index is 11.4. The van der Waals surface area contributed by atoms with Gasteiger partial charge in [0.2, 0.25) is 0 Å². The number of hydrogen-bond donors (Lipinski definition) is 1. The molecular weight excluding hydrogens is 258 g/mol. The summed E-state index contributed by atoms with van der Waals surface area (Å²) in [5, 5.41) is 14.3. The van der Waals surface area contributed by atoms with Crippen LogP contribution in [-0.4, -0.2) is 31.9 Å². The highest BCUT2D eigenvalue weighted by Crippen LogP contribution is 2.32. The average molecular weight is 277 g/mol. The van der Waals surface area contributed by atoms with Crippen molar-refractivity contribution in [2.75, 3.05) is 0 Å². The second kappa shape index (κ2) is 5.11. The van der Waals surface area contributed by atoms with Gasteiger partial charge < -0.3 is 9.84 Å². The van der Waals surface area contributed by atoms with E-state index in [-0.39, 0.29) is 17.6 Å². The molecule has 1 atom stereocenters. The van der Waals surface area contributed by atoms with Crippen LogP contribution < -0.4 is 4.74 Å². The van der Waals surface area contributed by atoms with Gasteiger partial charge in [-0.15, -0.1) is 0 Å². The van der Waals surface area contributed by atoms with Gasteiger partial charge in [0.05, 0.1) is 17.2 Å². The first-order valence-corrected chi connectivity index (χ1v) is 6.55. The molecule has 0 spiro atoms. The van der Waals surface area contributed by atoms with Crippen LogP contribution in [0.3, 0.4) is 0 Å². The van der Waals surface area contributed by atoms with Crippen molar-refractivity contribution in [1.82, 2.24) is 14.8 Å². The van der Waals surface area contributed by atoms with E-state index in [9.17, 15) is 9.90 Å². The number of hydrogen-bond acceptors (Lipinski definition) is 4. The summed E-state index contributed by atoms with van der Waals surface area (Å²) < 4.78 is 7.53. The molecule has 6 heteroatoms. The number of rotatable bonds is 4. The number of carbonyl (C=O) groups is 1. The summed E-state index contributed by atoms with van der Waals surface area (Å²) in [6.07, 6.45) is 1.23. The number of aryl methyl sites for hydroxylation is 2. The molecule has 20 heavy (non-hydrogen) atoms. The number of pyridine rings is 1. The van der Waals surface area contributed by atoms with Crippen LogP contribution in [0.5, 0.6) is 5.75 Å². The molecule has 0 bridgehead atoms. The summed E-state index contributed by atoms with van der Waals surface area (Å²) in [6.45, 7) is 7.80. The zero-order chi connectivity index (χ0) is 15.0. The molecule has 2 heterocycles. The standard InChI is InChI=1S/C14H19N3O3/c1-7(2)9(4)20-12-10(14(18)19)6-15-13-11(12)8(3)16-17(13)5/h6-7,9H,1-5H3,(H,18,19). The Morgan fingerprint density at radius 1 is 1.40 bits per heavy atom. The lowest BCUT2D eigenvalue weighted by Gasteiger charge is -2.20. The molecule has 0 amide bonds. The van der Waals surface area contributed by atoms with Crippen LogP contribution in [0.25, 0.3) is 11.0 Å². The number of nitrogens with zero attached hydrogens (tertiary/aromatic N) is 3. The first-order chi connectivity index (χ1) is 9.32. The lowest BCUT2D eigenvalue weighted by Crippen LogP contribution is -2.20. The van der Waals surface area contributed by atoms with E-state index in [0.29, 0.717) is 22.5 Å². The lowest BCUT2D eigenvalue weighted by atomic mass is 10.1. The maximum absolute atomic E-state index is 11.4. The van der Waals surface area contributed by atoms with Crippen molar-refractivity contribution in [3.05, 3.63) is 17.5 Å². The van der Waals surface area contributed by atoms with E-state index in [4.69, 9.17) is 4.74 Å². The first kappa shape index (κ1) is 14.3. The Bertz CT molecular complexity index is 661. The first-order valence-electron chi connectivity index (χ1n) is 6.55. The molecule has 1 N–H and O–H groups in total. The Labute approximate surface area is 117 Å². The fourth-order valence-corrected chi connectivity index (χ4v) is 1.98. The molecule has 0 aliphatic heterocycles. The predicted molar refractivity (Wildman–Crippen MR) is 75.1 cm³/mol. The van der Waals surface area contributed by atoms with E-state index < -0.39 is 5.97 Å². The third-order valence-corrected chi connectivity index (χ3v) is 3.45. The molecule has 0 aliphatic carbocycles. The fraction of sp³-hybridized carbons (Fsp3) is 0.500. The van der Waals surface area contributed by atoms with Crippen molar-refractivity contribution < 1.29 is 14.6 Å². The van der Waals surface area contributed by atoms with Gasteiger partial charge in [0.1, 0.15) is 11.3 Å². The molecule has 0 aliphatic rings. The molecule has 1 unspecified atom stereocenters. The Kier molecular flexibility index (Phi) is 3.65. The van der Waals surface area contributed by atoms with Gasteiger partial charge in [-0.05, 0) is 19.8 Å². The molecule has 2 rings (SSSR count). The molecule has 0 saturated heterocycles. The second-order valence-electron chi connectivity index (χ2n) is 5.28. The van der Waals surface area contributed by atoms with Crippen LogP contribution in [0.1, 0.15) is 36.8 Å². The third kappa shape index (κ3) is 2.33. The second-order valence-corrected chi connectivity index (χ2v) is 5.28. The normalized spacial score (nSPS) is 12.9. The summed E-state index contributed by atoms with van der Waals surface area (Å²) in [6, 6.07) is 0. The summed E-state index contributed by atoms with van der Waals surface area (Å²) in [7, 11) is 1.78. The maximum Gasteiger partial charge on any atom is 0.341 e. The minimum atomic E-state index is -1.05. The van der Waals surface area contributed by atoms with Crippen LogP contribution in [0, 0.1) is 12.8 Å². The predicted octanol–water partition coefficient (Wildman–Crippen LogP) is 2.40. The Morgan fingerprint density at radius 3 is 2.60 bits per heavy atom. The van der Waals surface area contributed by atoms with Gasteiger partial charge in [0.15, 0.2) is 5.65 Å². The van der Waals surface area contributed by atoms with Gasteiger partial charge in [-0.2, -0.15) is 5.10 Å². The monoisotopic (exact) mass is 277 g/mol. The molecule has 0 saturated carbocycles. The number of aromatic carboxylic acids is 1. The quantitative estimate of drug-likeness (QED) is 0.928. The van der Waals surface area contributed by atoms with Crippen molar-refractivity contribution >= 4 is 17.0 Å². The van der Waals surface area contributed by atoms with E-state index in [1.54, 1.807) is 11.7 Å². The minimum Gasteiger partial charge on any atom is -0.489 e. The molecule has 0 fully saturated rings. The van der Waals surface area contributed by atoms with Crippen LogP contribution in [0.4, 0.5) is 0 Å². The van der Waals surface area contributed by atoms with E-state index in [0.717, 1.165) is 0 Å². The van der Waals surface area contributed by atoms with Gasteiger partial charge >= 0.3 is 5.97 Å². The molecule has 2 aromatic heterocycles. The van der Waals surface area contributed by atoms with Crippen molar-refractivity contribution in [3.63, 3.8) is 0 Å². The van der Waals surface area contributed by atoms with Crippen molar-refractivity contribution in [1.29, 1.82) is 0 Å². The number of carboxylic acid groups (broad SMARTS) is 1. The number of carboxylic acids is 1. The summed E-state index contributed by atoms with van der Waals surface area (Å²) >= 11 is 0. The van der Waals surface area contributed by atoms with Crippen LogP contribution in [0.15, 0.2) is 6.20 Å². The van der Waals surface area contributed by atoms with E-state index >= 15 is 0 Å². The van der Waals surface area contributed by atoms with Gasteiger partial charge in [-0.3, -0.25) is 4.68 Å². The molecular formula is C14H19N3O3. The van der Waals surface area contributed by atoms with Crippen LogP contribution in [-0.2, 0) is 7.05 Å². The zero-order valence-corrected chi connectivity index (χ0v) is 12.3. The van der Waals surface area contributed by atoms with Crippen molar-refractivity contribution in [2.24, 2.45) is 13.0 Å². The topological polar surface area (TPSA) is 77.2 Å². The van der Waals surface area contributed by atoms with E-state index in [2.05, 4.69) is 10.1 Å². The van der Waals surface area contributed by atoms with Crippen molar-refractivity contribution in [3.8, 4) is 5.75 Å². The highest BCUT2D eigenvalue weighted by molar-refractivity contribution is 5.98. The SMILES string of the molecule is Cc1nn(C)c2ncc(C(=O)O)c(OC(C)C(C)C)c12. The lowest BCUT2D eigenvalue weighted by molar-refractivity contribution is 0.0687. The summed E-state index contributed by atoms with van der Waals surface area (Å²) in [5.74, 6) is -0.417. The third-order valence-electron chi connectivity index (χ3n) is 3.45. The number of aromatic nitrogens is 3. The zero-order valence-electron chi connectivity index (χ0n) is 12.3. The van der Waals surface area contributed by atoms with Crippen LogP contribution >= 0.6 is 0 Å². The van der Waals surface area contributed by atoms with Gasteiger partial charge in [-0.1, -0.05) is 13.8 Å². The highest BCUT2D eigenvalue weighted by Gasteiger charge is 2.23. The Morgan fingerprint density at radius 2 is 2.05 bits per heavy atom. The molecule has 0 aromatic carbocycles. The smallest absolute Gasteiger partial charge is 0.341 e. The van der Waals surface area contributed by atoms with E-state index in [1.807, 2.05) is 27.7 Å².